The lowest BCUT2D eigenvalue weighted by atomic mass is 10.00. The number of hydrogen-bond donors (Lipinski definition) is 2. The summed E-state index contributed by atoms with van der Waals surface area (Å²) in [6, 6.07) is 8.91. The summed E-state index contributed by atoms with van der Waals surface area (Å²) >= 11 is 0. The molecule has 3 nitrogen and oxygen atoms in total. The van der Waals surface area contributed by atoms with Gasteiger partial charge in [-0.25, -0.2) is 0 Å². The van der Waals surface area contributed by atoms with E-state index in [1.165, 1.54) is 24.1 Å². The fraction of sp³-hybridized carbons (Fsp3) is 0.647. The Kier molecular flexibility index (Phi) is 4.27. The summed E-state index contributed by atoms with van der Waals surface area (Å²) in [6.45, 7) is 6.37. The summed E-state index contributed by atoms with van der Waals surface area (Å²) in [7, 11) is 0. The standard InChI is InChI=1S/C17H26N2O/c1-2-9-18-10-13-3-6-15(7-4-13)19-11-14-5-8-17(20)16(14)12-19/h3-4,6-7,14,16-18,20H,2,5,8-12H2,1H3. The molecule has 1 saturated heterocycles. The van der Waals surface area contributed by atoms with Crippen LogP contribution in [-0.4, -0.2) is 30.8 Å². The van der Waals surface area contributed by atoms with Gasteiger partial charge >= 0.3 is 0 Å². The third-order valence-corrected chi connectivity index (χ3v) is 4.88. The van der Waals surface area contributed by atoms with Crippen molar-refractivity contribution in [2.45, 2.75) is 38.8 Å². The Balaban J connectivity index is 1.58. The maximum Gasteiger partial charge on any atom is 0.0588 e. The summed E-state index contributed by atoms with van der Waals surface area (Å²) < 4.78 is 0. The van der Waals surface area contributed by atoms with Crippen molar-refractivity contribution in [1.29, 1.82) is 0 Å². The molecule has 1 aliphatic carbocycles. The molecule has 1 aromatic rings. The number of anilines is 1. The quantitative estimate of drug-likeness (QED) is 0.809. The zero-order valence-corrected chi connectivity index (χ0v) is 12.4. The molecule has 20 heavy (non-hydrogen) atoms. The van der Waals surface area contributed by atoms with E-state index in [-0.39, 0.29) is 6.10 Å². The van der Waals surface area contributed by atoms with Crippen LogP contribution in [0.1, 0.15) is 31.7 Å². The van der Waals surface area contributed by atoms with Gasteiger partial charge < -0.3 is 15.3 Å². The number of aliphatic hydroxyl groups is 1. The van der Waals surface area contributed by atoms with E-state index >= 15 is 0 Å². The Morgan fingerprint density at radius 3 is 2.70 bits per heavy atom. The molecule has 1 aromatic carbocycles. The molecule has 3 unspecified atom stereocenters. The van der Waals surface area contributed by atoms with Crippen LogP contribution in [-0.2, 0) is 6.54 Å². The molecule has 0 bridgehead atoms. The van der Waals surface area contributed by atoms with Crippen molar-refractivity contribution in [3.8, 4) is 0 Å². The summed E-state index contributed by atoms with van der Waals surface area (Å²) in [5, 5.41) is 13.4. The maximum atomic E-state index is 9.99. The predicted octanol–water partition coefficient (Wildman–Crippen LogP) is 2.39. The van der Waals surface area contributed by atoms with Crippen LogP contribution in [0.25, 0.3) is 0 Å². The Hall–Kier alpha value is -1.06. The molecular formula is C17H26N2O. The molecule has 110 valence electrons. The second-order valence-corrected chi connectivity index (χ2v) is 6.32. The van der Waals surface area contributed by atoms with Gasteiger partial charge in [0.2, 0.25) is 0 Å². The average Bonchev–Trinajstić information content (AvgIpc) is 3.03. The highest BCUT2D eigenvalue weighted by atomic mass is 16.3. The molecule has 0 amide bonds. The maximum absolute atomic E-state index is 9.99. The van der Waals surface area contributed by atoms with Crippen molar-refractivity contribution >= 4 is 5.69 Å². The van der Waals surface area contributed by atoms with E-state index in [9.17, 15) is 5.11 Å². The average molecular weight is 274 g/mol. The number of rotatable bonds is 5. The lowest BCUT2D eigenvalue weighted by Crippen LogP contribution is -2.24. The largest absolute Gasteiger partial charge is 0.393 e. The number of nitrogens with zero attached hydrogens (tertiary/aromatic N) is 1. The van der Waals surface area contributed by atoms with Crippen LogP contribution in [0.3, 0.4) is 0 Å². The molecule has 0 radical (unpaired) electrons. The van der Waals surface area contributed by atoms with E-state index in [0.717, 1.165) is 32.6 Å². The number of nitrogens with one attached hydrogen (secondary N) is 1. The highest BCUT2D eigenvalue weighted by Crippen LogP contribution is 2.39. The number of fused-ring (bicyclic) bond motifs is 1. The van der Waals surface area contributed by atoms with Gasteiger partial charge in [0, 0.05) is 31.2 Å². The third-order valence-electron chi connectivity index (χ3n) is 4.88. The molecule has 2 N–H and O–H groups in total. The first-order valence-electron chi connectivity index (χ1n) is 8.00. The Bertz CT molecular complexity index is 431. The molecule has 1 saturated carbocycles. The first kappa shape index (κ1) is 13.9. The minimum atomic E-state index is -0.0671. The number of aliphatic hydroxyl groups excluding tert-OH is 1. The normalized spacial score (nSPS) is 28.9. The highest BCUT2D eigenvalue weighted by molar-refractivity contribution is 5.49. The fourth-order valence-corrected chi connectivity index (χ4v) is 3.68. The zero-order chi connectivity index (χ0) is 13.9. The van der Waals surface area contributed by atoms with Gasteiger partial charge in [-0.3, -0.25) is 0 Å². The monoisotopic (exact) mass is 274 g/mol. The fourth-order valence-electron chi connectivity index (χ4n) is 3.68. The van der Waals surface area contributed by atoms with Gasteiger partial charge in [-0.1, -0.05) is 19.1 Å². The van der Waals surface area contributed by atoms with Crippen molar-refractivity contribution in [3.05, 3.63) is 29.8 Å². The van der Waals surface area contributed by atoms with Crippen molar-refractivity contribution in [2.24, 2.45) is 11.8 Å². The van der Waals surface area contributed by atoms with Crippen LogP contribution >= 0.6 is 0 Å². The lowest BCUT2D eigenvalue weighted by Gasteiger charge is -2.21. The molecule has 2 aliphatic rings. The van der Waals surface area contributed by atoms with E-state index in [0.29, 0.717) is 11.8 Å². The lowest BCUT2D eigenvalue weighted by molar-refractivity contribution is 0.133. The number of hydrogen-bond acceptors (Lipinski definition) is 3. The van der Waals surface area contributed by atoms with E-state index in [2.05, 4.69) is 41.4 Å². The first-order chi connectivity index (χ1) is 9.78. The van der Waals surface area contributed by atoms with E-state index in [1.54, 1.807) is 0 Å². The van der Waals surface area contributed by atoms with Crippen LogP contribution in [0.4, 0.5) is 5.69 Å². The van der Waals surface area contributed by atoms with E-state index in [4.69, 9.17) is 0 Å². The van der Waals surface area contributed by atoms with Gasteiger partial charge in [-0.2, -0.15) is 0 Å². The van der Waals surface area contributed by atoms with Crippen LogP contribution in [0.5, 0.6) is 0 Å². The van der Waals surface area contributed by atoms with E-state index < -0.39 is 0 Å². The predicted molar refractivity (Wildman–Crippen MR) is 82.9 cm³/mol. The zero-order valence-electron chi connectivity index (χ0n) is 12.4. The molecule has 3 atom stereocenters. The second-order valence-electron chi connectivity index (χ2n) is 6.32. The highest BCUT2D eigenvalue weighted by Gasteiger charge is 2.41. The van der Waals surface area contributed by atoms with Crippen LogP contribution in [0.2, 0.25) is 0 Å². The molecule has 1 heterocycles. The van der Waals surface area contributed by atoms with Gasteiger partial charge in [-0.15, -0.1) is 0 Å². The van der Waals surface area contributed by atoms with Gasteiger partial charge in [-0.05, 0) is 49.4 Å². The summed E-state index contributed by atoms with van der Waals surface area (Å²) in [5.41, 5.74) is 2.66. The Morgan fingerprint density at radius 1 is 1.20 bits per heavy atom. The second kappa shape index (κ2) is 6.15. The molecular weight excluding hydrogens is 248 g/mol. The van der Waals surface area contributed by atoms with Gasteiger partial charge in [0.05, 0.1) is 6.10 Å². The third kappa shape index (κ3) is 2.84. The van der Waals surface area contributed by atoms with E-state index in [1.807, 2.05) is 0 Å². The van der Waals surface area contributed by atoms with Crippen molar-refractivity contribution in [1.82, 2.24) is 5.32 Å². The van der Waals surface area contributed by atoms with Crippen molar-refractivity contribution in [2.75, 3.05) is 24.5 Å². The number of benzene rings is 1. The van der Waals surface area contributed by atoms with Crippen LogP contribution < -0.4 is 10.2 Å². The summed E-state index contributed by atoms with van der Waals surface area (Å²) in [6.07, 6.45) is 3.31. The van der Waals surface area contributed by atoms with Crippen LogP contribution in [0.15, 0.2) is 24.3 Å². The molecule has 3 rings (SSSR count). The SMILES string of the molecule is CCCNCc1ccc(N2CC3CCC(O)C3C2)cc1. The minimum absolute atomic E-state index is 0.0671. The molecule has 0 spiro atoms. The minimum Gasteiger partial charge on any atom is -0.393 e. The van der Waals surface area contributed by atoms with Crippen molar-refractivity contribution < 1.29 is 5.11 Å². The summed E-state index contributed by atoms with van der Waals surface area (Å²) in [5.74, 6) is 1.21. The smallest absolute Gasteiger partial charge is 0.0588 e. The van der Waals surface area contributed by atoms with Crippen LogP contribution in [0, 0.1) is 11.8 Å². The van der Waals surface area contributed by atoms with Gasteiger partial charge in [0.15, 0.2) is 0 Å². The van der Waals surface area contributed by atoms with Gasteiger partial charge in [0.25, 0.3) is 0 Å². The first-order valence-corrected chi connectivity index (χ1v) is 8.00. The Morgan fingerprint density at radius 2 is 2.00 bits per heavy atom. The molecule has 0 aromatic heterocycles. The molecule has 1 aliphatic heterocycles. The Labute approximate surface area is 122 Å². The topological polar surface area (TPSA) is 35.5 Å². The molecule has 2 fully saturated rings. The van der Waals surface area contributed by atoms with Crippen molar-refractivity contribution in [3.63, 3.8) is 0 Å². The van der Waals surface area contributed by atoms with Gasteiger partial charge in [0.1, 0.15) is 0 Å². The molecule has 3 heteroatoms. The summed E-state index contributed by atoms with van der Waals surface area (Å²) in [4.78, 5) is 2.45.